The summed E-state index contributed by atoms with van der Waals surface area (Å²) in [7, 11) is 0. The fourth-order valence-corrected chi connectivity index (χ4v) is 5.33. The van der Waals surface area contributed by atoms with Crippen molar-refractivity contribution in [3.8, 4) is 22.3 Å². The summed E-state index contributed by atoms with van der Waals surface area (Å²) < 4.78 is 0. The van der Waals surface area contributed by atoms with E-state index in [1.165, 1.54) is 16.5 Å². The molecule has 4 heteroatoms. The molecule has 0 aliphatic carbocycles. The van der Waals surface area contributed by atoms with Gasteiger partial charge in [0.25, 0.3) is 0 Å². The van der Waals surface area contributed by atoms with Gasteiger partial charge in [-0.2, -0.15) is 0 Å². The second-order valence-corrected chi connectivity index (χ2v) is 10.2. The lowest BCUT2D eigenvalue weighted by atomic mass is 9.96. The lowest BCUT2D eigenvalue weighted by Crippen LogP contribution is -2.36. The predicted octanol–water partition coefficient (Wildman–Crippen LogP) is 8.37. The molecule has 196 valence electrons. The first-order chi connectivity index (χ1) is 20.2. The van der Waals surface area contributed by atoms with Crippen LogP contribution in [0.1, 0.15) is 28.6 Å². The number of benzene rings is 5. The molecule has 1 aromatic heterocycles. The Bertz CT molecular complexity index is 1910. The lowest BCUT2D eigenvalue weighted by Gasteiger charge is -2.22. The van der Waals surface area contributed by atoms with Gasteiger partial charge in [-0.3, -0.25) is 4.98 Å². The van der Waals surface area contributed by atoms with Gasteiger partial charge in [0.05, 0.1) is 0 Å². The van der Waals surface area contributed by atoms with E-state index >= 15 is 0 Å². The zero-order valence-corrected chi connectivity index (χ0v) is 22.7. The average molecular weight is 529 g/mol. The number of aliphatic imine (C=N–C) groups is 2. The molecule has 1 N–H and O–H groups in total. The maximum atomic E-state index is 5.04. The molecule has 0 saturated heterocycles. The van der Waals surface area contributed by atoms with Gasteiger partial charge in [-0.15, -0.1) is 0 Å². The van der Waals surface area contributed by atoms with E-state index in [4.69, 9.17) is 9.98 Å². The van der Waals surface area contributed by atoms with Crippen LogP contribution < -0.4 is 5.32 Å². The van der Waals surface area contributed by atoms with Crippen molar-refractivity contribution in [2.24, 2.45) is 9.98 Å². The van der Waals surface area contributed by atoms with E-state index in [-0.39, 0.29) is 6.17 Å². The Labute approximate surface area is 239 Å². The minimum atomic E-state index is -0.315. The maximum absolute atomic E-state index is 5.04. The highest BCUT2D eigenvalue weighted by Crippen LogP contribution is 2.31. The topological polar surface area (TPSA) is 49.6 Å². The number of nitrogens with zero attached hydrogens (tertiary/aromatic N) is 3. The molecule has 0 radical (unpaired) electrons. The molecule has 5 aromatic carbocycles. The molecule has 0 fully saturated rings. The van der Waals surface area contributed by atoms with E-state index in [1.807, 2.05) is 49.5 Å². The van der Waals surface area contributed by atoms with E-state index in [9.17, 15) is 0 Å². The zero-order chi connectivity index (χ0) is 27.6. The van der Waals surface area contributed by atoms with Gasteiger partial charge in [0, 0.05) is 28.4 Å². The van der Waals surface area contributed by atoms with Crippen LogP contribution in [0, 0.1) is 6.92 Å². The molecule has 0 saturated carbocycles. The number of hydrogen-bond donors (Lipinski definition) is 1. The highest BCUT2D eigenvalue weighted by molar-refractivity contribution is 6.16. The van der Waals surface area contributed by atoms with Crippen LogP contribution in [0.4, 0.5) is 0 Å². The summed E-state index contributed by atoms with van der Waals surface area (Å²) in [6.07, 6.45) is 1.64. The maximum Gasteiger partial charge on any atom is 0.169 e. The van der Waals surface area contributed by atoms with E-state index in [2.05, 4.69) is 107 Å². The Morgan fingerprint density at radius 1 is 0.537 bits per heavy atom. The van der Waals surface area contributed by atoms with Gasteiger partial charge >= 0.3 is 0 Å². The van der Waals surface area contributed by atoms with Crippen LogP contribution in [0.2, 0.25) is 0 Å². The Hall–Kier alpha value is -5.35. The Balaban J connectivity index is 1.23. The van der Waals surface area contributed by atoms with Crippen LogP contribution >= 0.6 is 0 Å². The molecule has 1 aliphatic heterocycles. The van der Waals surface area contributed by atoms with E-state index in [1.54, 1.807) is 0 Å². The minimum absolute atomic E-state index is 0.315. The van der Waals surface area contributed by atoms with Crippen molar-refractivity contribution < 1.29 is 0 Å². The molecule has 41 heavy (non-hydrogen) atoms. The van der Waals surface area contributed by atoms with E-state index in [0.29, 0.717) is 0 Å². The van der Waals surface area contributed by atoms with Crippen molar-refractivity contribution in [3.63, 3.8) is 0 Å². The number of fused-ring (bicyclic) bond motifs is 1. The van der Waals surface area contributed by atoms with Gasteiger partial charge in [-0.05, 0) is 52.3 Å². The molecule has 6 aromatic rings. The highest BCUT2D eigenvalue weighted by Gasteiger charge is 2.20. The second-order valence-electron chi connectivity index (χ2n) is 10.2. The van der Waals surface area contributed by atoms with Gasteiger partial charge in [-0.25, -0.2) is 9.98 Å². The summed E-state index contributed by atoms with van der Waals surface area (Å²) in [6, 6.07) is 46.4. The smallest absolute Gasteiger partial charge is 0.169 e. The number of aromatic nitrogens is 1. The van der Waals surface area contributed by atoms with Crippen LogP contribution in [0.3, 0.4) is 0 Å². The van der Waals surface area contributed by atoms with Gasteiger partial charge < -0.3 is 5.32 Å². The monoisotopic (exact) mass is 528 g/mol. The van der Waals surface area contributed by atoms with E-state index < -0.39 is 0 Å². The average Bonchev–Trinajstić information content (AvgIpc) is 3.05. The standard InChI is InChI=1S/C37H28N4/c1-25-22-34-32(24-38-25)16-9-17-33(34)27-20-18-26(19-21-27)30-14-8-15-31(23-30)37-40-35(28-10-4-2-5-11-28)39-36(41-37)29-12-6-3-7-13-29/h2-24,35H,1H3,(H,39,40,41). The third-order valence-corrected chi connectivity index (χ3v) is 7.45. The summed E-state index contributed by atoms with van der Waals surface area (Å²) in [5.74, 6) is 1.63. The summed E-state index contributed by atoms with van der Waals surface area (Å²) in [6.45, 7) is 2.04. The van der Waals surface area contributed by atoms with Gasteiger partial charge in [0.15, 0.2) is 6.17 Å². The molecular formula is C37H28N4. The van der Waals surface area contributed by atoms with Crippen LogP contribution in [0.15, 0.2) is 150 Å². The van der Waals surface area contributed by atoms with Gasteiger partial charge in [-0.1, -0.05) is 121 Å². The number of nitrogens with one attached hydrogen (secondary N) is 1. The Morgan fingerprint density at radius 3 is 1.95 bits per heavy atom. The fraction of sp³-hybridized carbons (Fsp3) is 0.0541. The van der Waals surface area contributed by atoms with E-state index in [0.717, 1.165) is 50.6 Å². The molecule has 0 amide bonds. The van der Waals surface area contributed by atoms with Crippen molar-refractivity contribution in [2.75, 3.05) is 0 Å². The number of aryl methyl sites for hydroxylation is 1. The summed E-state index contributed by atoms with van der Waals surface area (Å²) in [5.41, 5.74) is 8.83. The third-order valence-electron chi connectivity index (χ3n) is 7.45. The zero-order valence-electron chi connectivity index (χ0n) is 22.7. The number of amidine groups is 2. The lowest BCUT2D eigenvalue weighted by molar-refractivity contribution is 0.756. The molecule has 1 unspecified atom stereocenters. The van der Waals surface area contributed by atoms with Crippen LogP contribution in [-0.2, 0) is 0 Å². The van der Waals surface area contributed by atoms with Crippen LogP contribution in [-0.4, -0.2) is 16.7 Å². The summed E-state index contributed by atoms with van der Waals surface area (Å²) >= 11 is 0. The predicted molar refractivity (Wildman–Crippen MR) is 169 cm³/mol. The molecule has 7 rings (SSSR count). The molecular weight excluding hydrogens is 500 g/mol. The largest absolute Gasteiger partial charge is 0.324 e. The molecule has 1 aliphatic rings. The van der Waals surface area contributed by atoms with Crippen molar-refractivity contribution in [3.05, 3.63) is 162 Å². The van der Waals surface area contributed by atoms with Crippen molar-refractivity contribution in [1.29, 1.82) is 0 Å². The fourth-order valence-electron chi connectivity index (χ4n) is 5.33. The number of hydrogen-bond acceptors (Lipinski definition) is 4. The first-order valence-electron chi connectivity index (χ1n) is 13.8. The van der Waals surface area contributed by atoms with Gasteiger partial charge in [0.2, 0.25) is 0 Å². The molecule has 1 atom stereocenters. The summed E-state index contributed by atoms with van der Waals surface area (Å²) in [4.78, 5) is 14.5. The Kier molecular flexibility index (Phi) is 6.42. The van der Waals surface area contributed by atoms with Crippen molar-refractivity contribution in [1.82, 2.24) is 10.3 Å². The van der Waals surface area contributed by atoms with Crippen LogP contribution in [0.5, 0.6) is 0 Å². The molecule has 2 heterocycles. The number of rotatable bonds is 5. The SMILES string of the molecule is Cc1cc2c(-c3ccc(-c4cccc(C5=NC(c6ccccc6)N=C(c6ccccc6)N5)c4)cc3)cccc2cn1. The normalized spacial score (nSPS) is 14.7. The number of pyridine rings is 1. The third kappa shape index (κ3) is 5.04. The van der Waals surface area contributed by atoms with Crippen LogP contribution in [0.25, 0.3) is 33.0 Å². The molecule has 4 nitrogen and oxygen atoms in total. The molecule has 0 bridgehead atoms. The molecule has 0 spiro atoms. The minimum Gasteiger partial charge on any atom is -0.324 e. The Morgan fingerprint density at radius 2 is 1.17 bits per heavy atom. The van der Waals surface area contributed by atoms with Crippen molar-refractivity contribution >= 4 is 22.4 Å². The summed E-state index contributed by atoms with van der Waals surface area (Å²) in [5, 5.41) is 5.88. The first kappa shape index (κ1) is 24.7. The van der Waals surface area contributed by atoms with Gasteiger partial charge in [0.1, 0.15) is 11.7 Å². The quantitative estimate of drug-likeness (QED) is 0.244. The van der Waals surface area contributed by atoms with Crippen molar-refractivity contribution in [2.45, 2.75) is 13.1 Å². The second kappa shape index (κ2) is 10.7. The first-order valence-corrected chi connectivity index (χ1v) is 13.8. The highest BCUT2D eigenvalue weighted by atomic mass is 15.2.